The zero-order valence-electron chi connectivity index (χ0n) is 25.2. The number of ether oxygens (including phenoxy) is 3. The van der Waals surface area contributed by atoms with Crippen LogP contribution in [0.5, 0.6) is 11.5 Å². The van der Waals surface area contributed by atoms with Crippen LogP contribution in [0.2, 0.25) is 0 Å². The van der Waals surface area contributed by atoms with Gasteiger partial charge in [0.15, 0.2) is 11.5 Å². The Bertz CT molecular complexity index is 1470. The molecule has 4 aromatic rings. The zero-order chi connectivity index (χ0) is 30.2. The second-order valence-corrected chi connectivity index (χ2v) is 11.6. The molecule has 0 unspecified atom stereocenters. The molecule has 0 saturated carbocycles. The number of rotatable bonds is 12. The van der Waals surface area contributed by atoms with Crippen LogP contribution in [0.4, 0.5) is 0 Å². The monoisotopic (exact) mass is 579 g/mol. The van der Waals surface area contributed by atoms with E-state index in [4.69, 9.17) is 14.2 Å². The van der Waals surface area contributed by atoms with Crippen molar-refractivity contribution in [3.05, 3.63) is 120 Å². The van der Waals surface area contributed by atoms with Crippen LogP contribution in [-0.2, 0) is 22.6 Å². The molecule has 5 rings (SSSR count). The van der Waals surface area contributed by atoms with E-state index in [0.717, 1.165) is 17.5 Å². The average Bonchev–Trinajstić information content (AvgIpc) is 3.41. The summed E-state index contributed by atoms with van der Waals surface area (Å²) in [6, 6.07) is 34.6. The van der Waals surface area contributed by atoms with E-state index in [1.54, 1.807) is 14.0 Å². The number of likely N-dealkylation sites (tertiary alicyclic amines) is 1. The van der Waals surface area contributed by atoms with Gasteiger partial charge in [-0.05, 0) is 46.9 Å². The number of hydrogen-bond donors (Lipinski definition) is 1. The van der Waals surface area contributed by atoms with Crippen LogP contribution in [0.15, 0.2) is 103 Å². The summed E-state index contributed by atoms with van der Waals surface area (Å²) in [7, 11) is 1.63. The summed E-state index contributed by atoms with van der Waals surface area (Å²) < 4.78 is 17.6. The van der Waals surface area contributed by atoms with Gasteiger partial charge in [-0.3, -0.25) is 4.79 Å². The highest BCUT2D eigenvalue weighted by molar-refractivity contribution is 5.78. The molecule has 224 valence electrons. The van der Waals surface area contributed by atoms with Crippen LogP contribution in [0, 0.1) is 5.41 Å². The minimum Gasteiger partial charge on any atom is -0.493 e. The maximum atomic E-state index is 13.1. The van der Waals surface area contributed by atoms with Crippen molar-refractivity contribution in [3.8, 4) is 22.6 Å². The van der Waals surface area contributed by atoms with E-state index >= 15 is 0 Å². The molecule has 1 amide bonds. The molecule has 4 aromatic carbocycles. The molecule has 0 aliphatic carbocycles. The van der Waals surface area contributed by atoms with Crippen molar-refractivity contribution in [2.45, 2.75) is 38.9 Å². The fourth-order valence-electron chi connectivity index (χ4n) is 5.83. The lowest BCUT2D eigenvalue weighted by Gasteiger charge is -2.33. The maximum absolute atomic E-state index is 13.1. The number of aliphatic hydroxyl groups is 1. The molecule has 0 spiro atoms. The molecule has 1 aliphatic rings. The van der Waals surface area contributed by atoms with Crippen molar-refractivity contribution in [3.63, 3.8) is 0 Å². The fourth-order valence-corrected chi connectivity index (χ4v) is 5.83. The molecule has 0 radical (unpaired) electrons. The maximum Gasteiger partial charge on any atom is 0.248 e. The van der Waals surface area contributed by atoms with E-state index in [-0.39, 0.29) is 18.4 Å². The summed E-state index contributed by atoms with van der Waals surface area (Å²) in [6.45, 7) is 5.67. The fraction of sp³-hybridized carbons (Fsp3) is 0.324. The van der Waals surface area contributed by atoms with E-state index in [1.807, 2.05) is 78.6 Å². The smallest absolute Gasteiger partial charge is 0.248 e. The number of hydrogen-bond acceptors (Lipinski definition) is 5. The third kappa shape index (κ3) is 7.27. The molecule has 0 bridgehead atoms. The Morgan fingerprint density at radius 1 is 0.907 bits per heavy atom. The first-order valence-corrected chi connectivity index (χ1v) is 14.9. The number of amides is 1. The third-order valence-corrected chi connectivity index (χ3v) is 8.67. The molecular weight excluding hydrogens is 538 g/mol. The van der Waals surface area contributed by atoms with Crippen LogP contribution in [0.3, 0.4) is 0 Å². The third-order valence-electron chi connectivity index (χ3n) is 8.67. The molecule has 0 aromatic heterocycles. The first-order valence-electron chi connectivity index (χ1n) is 14.9. The molecule has 6 nitrogen and oxygen atoms in total. The van der Waals surface area contributed by atoms with Crippen molar-refractivity contribution >= 4 is 5.91 Å². The quantitative estimate of drug-likeness (QED) is 0.207. The Morgan fingerprint density at radius 3 is 2.26 bits per heavy atom. The Balaban J connectivity index is 1.24. The molecule has 6 heteroatoms. The Morgan fingerprint density at radius 2 is 1.58 bits per heavy atom. The van der Waals surface area contributed by atoms with Crippen molar-refractivity contribution in [2.24, 2.45) is 5.41 Å². The summed E-state index contributed by atoms with van der Waals surface area (Å²) >= 11 is 0. The second kappa shape index (κ2) is 13.9. The van der Waals surface area contributed by atoms with Gasteiger partial charge in [-0.25, -0.2) is 0 Å². The van der Waals surface area contributed by atoms with Gasteiger partial charge in [0.1, 0.15) is 6.61 Å². The normalized spacial score (nSPS) is 18.8. The molecule has 1 heterocycles. The number of carbonyl (C=O) groups is 1. The van der Waals surface area contributed by atoms with Gasteiger partial charge >= 0.3 is 0 Å². The predicted octanol–water partition coefficient (Wildman–Crippen LogP) is 6.51. The standard InChI is InChI=1S/C37H41NO5/c1-27(39)37(2)26-38(36(40)25-42-24-29-10-6-4-7-11-29)23-33(37)32-18-19-34(41-3)35(22-32)43-21-20-28-14-16-31(17-15-28)30-12-8-5-9-13-30/h4-19,22,27,33,39H,20-21,23-26H2,1-3H3/t27-,33-,37-/m0/s1. The summed E-state index contributed by atoms with van der Waals surface area (Å²) in [4.78, 5) is 15.0. The average molecular weight is 580 g/mol. The van der Waals surface area contributed by atoms with Crippen molar-refractivity contribution < 1.29 is 24.1 Å². The zero-order valence-corrected chi connectivity index (χ0v) is 25.2. The predicted molar refractivity (Wildman–Crippen MR) is 169 cm³/mol. The Labute approximate surface area is 254 Å². The minimum absolute atomic E-state index is 0.000799. The number of methoxy groups -OCH3 is 1. The van der Waals surface area contributed by atoms with Gasteiger partial charge in [0, 0.05) is 30.8 Å². The van der Waals surface area contributed by atoms with Gasteiger partial charge in [0.05, 0.1) is 26.4 Å². The lowest BCUT2D eigenvalue weighted by Crippen LogP contribution is -2.38. The summed E-state index contributed by atoms with van der Waals surface area (Å²) in [6.07, 6.45) is 0.133. The van der Waals surface area contributed by atoms with Crippen molar-refractivity contribution in [2.75, 3.05) is 33.4 Å². The second-order valence-electron chi connectivity index (χ2n) is 11.6. The lowest BCUT2D eigenvalue weighted by molar-refractivity contribution is -0.136. The van der Waals surface area contributed by atoms with Crippen LogP contribution >= 0.6 is 0 Å². The molecule has 1 saturated heterocycles. The van der Waals surface area contributed by atoms with Gasteiger partial charge in [0.25, 0.3) is 0 Å². The Hall–Kier alpha value is -4.13. The summed E-state index contributed by atoms with van der Waals surface area (Å²) in [5, 5.41) is 10.9. The molecule has 1 N–H and O–H groups in total. The van der Waals surface area contributed by atoms with Gasteiger partial charge in [-0.15, -0.1) is 0 Å². The summed E-state index contributed by atoms with van der Waals surface area (Å²) in [5.74, 6) is 1.16. The highest BCUT2D eigenvalue weighted by Gasteiger charge is 2.48. The molecule has 43 heavy (non-hydrogen) atoms. The van der Waals surface area contributed by atoms with E-state index < -0.39 is 11.5 Å². The van der Waals surface area contributed by atoms with Gasteiger partial charge in [0.2, 0.25) is 5.91 Å². The largest absolute Gasteiger partial charge is 0.493 e. The van der Waals surface area contributed by atoms with Crippen LogP contribution in [0.1, 0.15) is 36.5 Å². The number of nitrogens with zero attached hydrogens (tertiary/aromatic N) is 1. The number of carbonyl (C=O) groups excluding carboxylic acids is 1. The molecule has 1 aliphatic heterocycles. The van der Waals surface area contributed by atoms with E-state index in [1.165, 1.54) is 16.7 Å². The van der Waals surface area contributed by atoms with Crippen molar-refractivity contribution in [1.29, 1.82) is 0 Å². The van der Waals surface area contributed by atoms with E-state index in [9.17, 15) is 9.90 Å². The highest BCUT2D eigenvalue weighted by atomic mass is 16.5. The lowest BCUT2D eigenvalue weighted by atomic mass is 9.72. The summed E-state index contributed by atoms with van der Waals surface area (Å²) in [5.41, 5.74) is 5.08. The van der Waals surface area contributed by atoms with Gasteiger partial charge in [-0.1, -0.05) is 97.9 Å². The van der Waals surface area contributed by atoms with Crippen LogP contribution in [-0.4, -0.2) is 55.4 Å². The first-order chi connectivity index (χ1) is 20.9. The molecular formula is C37H41NO5. The van der Waals surface area contributed by atoms with Crippen LogP contribution < -0.4 is 9.47 Å². The topological polar surface area (TPSA) is 68.2 Å². The van der Waals surface area contributed by atoms with Crippen molar-refractivity contribution in [1.82, 2.24) is 4.90 Å². The number of aliphatic hydroxyl groups excluding tert-OH is 1. The van der Waals surface area contributed by atoms with Gasteiger partial charge < -0.3 is 24.2 Å². The minimum atomic E-state index is -0.620. The SMILES string of the molecule is COc1ccc([C@@H]2CN(C(=O)COCc3ccccc3)C[C@@]2(C)[C@H](C)O)cc1OCCc1ccc(-c2ccccc2)cc1. The molecule has 3 atom stereocenters. The van der Waals surface area contributed by atoms with E-state index in [2.05, 4.69) is 36.4 Å². The van der Waals surface area contributed by atoms with Gasteiger partial charge in [-0.2, -0.15) is 0 Å². The first kappa shape index (κ1) is 30.3. The highest BCUT2D eigenvalue weighted by Crippen LogP contribution is 2.47. The van der Waals surface area contributed by atoms with Crippen LogP contribution in [0.25, 0.3) is 11.1 Å². The van der Waals surface area contributed by atoms with E-state index in [0.29, 0.717) is 37.8 Å². The number of benzene rings is 4. The molecule has 1 fully saturated rings. The Kier molecular flexibility index (Phi) is 9.80.